The van der Waals surface area contributed by atoms with Crippen molar-refractivity contribution in [3.8, 4) is 0 Å². The molecule has 0 atom stereocenters. The van der Waals surface area contributed by atoms with E-state index in [-0.39, 0.29) is 12.2 Å². The Balaban J connectivity index is 3.30. The summed E-state index contributed by atoms with van der Waals surface area (Å²) < 4.78 is 39.2. The second-order valence-electron chi connectivity index (χ2n) is 2.61. The summed E-state index contributed by atoms with van der Waals surface area (Å²) in [5.74, 6) is -0.813. The smallest absolute Gasteiger partial charge is 0.358 e. The highest BCUT2D eigenvalue weighted by Crippen LogP contribution is 2.14. The van der Waals surface area contributed by atoms with Gasteiger partial charge in [0.15, 0.2) is 10.7 Å². The number of nitrogens with zero attached hydrogens (tertiary/aromatic N) is 2. The third-order valence-corrected chi connectivity index (χ3v) is 2.52. The predicted molar refractivity (Wildman–Crippen MR) is 47.5 cm³/mol. The van der Waals surface area contributed by atoms with Gasteiger partial charge >= 0.3 is 16.2 Å². The normalized spacial score (nSPS) is 11.4. The van der Waals surface area contributed by atoms with Crippen LogP contribution in [0.2, 0.25) is 0 Å². The summed E-state index contributed by atoms with van der Waals surface area (Å²) in [4.78, 5) is 11.0. The summed E-state index contributed by atoms with van der Waals surface area (Å²) >= 11 is 0. The summed E-state index contributed by atoms with van der Waals surface area (Å²) in [5, 5.41) is 2.94. The number of esters is 1. The van der Waals surface area contributed by atoms with Crippen LogP contribution in [0.1, 0.15) is 17.4 Å². The first-order chi connectivity index (χ1) is 6.90. The van der Waals surface area contributed by atoms with E-state index < -0.39 is 21.2 Å². The van der Waals surface area contributed by atoms with Gasteiger partial charge in [0.2, 0.25) is 0 Å². The van der Waals surface area contributed by atoms with Crippen molar-refractivity contribution in [2.45, 2.75) is 18.5 Å². The van der Waals surface area contributed by atoms with Crippen LogP contribution >= 0.6 is 0 Å². The van der Waals surface area contributed by atoms with E-state index >= 15 is 0 Å². The standard InChI is InChI=1S/C7H9FN2O4S/c1-3-10-6(15(8,12)13)4-5(9-10)7(11)14-2/h4H,3H2,1-2H3. The molecule has 0 unspecified atom stereocenters. The fourth-order valence-electron chi connectivity index (χ4n) is 1.03. The molecule has 0 aromatic carbocycles. The van der Waals surface area contributed by atoms with Crippen molar-refractivity contribution in [3.63, 3.8) is 0 Å². The molecule has 0 aliphatic carbocycles. The van der Waals surface area contributed by atoms with Crippen molar-refractivity contribution in [1.82, 2.24) is 9.78 Å². The van der Waals surface area contributed by atoms with Gasteiger partial charge in [0.1, 0.15) is 0 Å². The fourth-order valence-corrected chi connectivity index (χ4v) is 1.70. The maximum Gasteiger partial charge on any atom is 0.358 e. The van der Waals surface area contributed by atoms with Gasteiger partial charge in [-0.3, -0.25) is 4.68 Å². The quantitative estimate of drug-likeness (QED) is 0.559. The molecule has 15 heavy (non-hydrogen) atoms. The number of hydrogen-bond donors (Lipinski definition) is 0. The Morgan fingerprint density at radius 3 is 2.60 bits per heavy atom. The molecule has 8 heteroatoms. The zero-order chi connectivity index (χ0) is 11.6. The van der Waals surface area contributed by atoms with Crippen LogP contribution in [0.4, 0.5) is 3.89 Å². The van der Waals surface area contributed by atoms with Crippen LogP contribution in [0, 0.1) is 0 Å². The van der Waals surface area contributed by atoms with Gasteiger partial charge in [0, 0.05) is 12.6 Å². The second kappa shape index (κ2) is 3.97. The highest BCUT2D eigenvalue weighted by molar-refractivity contribution is 7.86. The van der Waals surface area contributed by atoms with Gasteiger partial charge < -0.3 is 4.74 Å². The molecule has 0 aliphatic rings. The number of carbonyl (C=O) groups is 1. The van der Waals surface area contributed by atoms with Gasteiger partial charge in [-0.25, -0.2) is 4.79 Å². The number of ether oxygens (including phenoxy) is 1. The molecule has 1 aromatic rings. The zero-order valence-electron chi connectivity index (χ0n) is 8.10. The molecule has 84 valence electrons. The molecule has 1 heterocycles. The van der Waals surface area contributed by atoms with E-state index in [2.05, 4.69) is 9.84 Å². The fraction of sp³-hybridized carbons (Fsp3) is 0.429. The molecule has 0 amide bonds. The van der Waals surface area contributed by atoms with E-state index in [1.54, 1.807) is 6.92 Å². The van der Waals surface area contributed by atoms with Gasteiger partial charge in [-0.2, -0.15) is 13.5 Å². The van der Waals surface area contributed by atoms with Crippen LogP contribution in [0.15, 0.2) is 11.1 Å². The molecule has 0 N–H and O–H groups in total. The number of halogens is 1. The molecule has 0 aliphatic heterocycles. The lowest BCUT2D eigenvalue weighted by Crippen LogP contribution is -2.06. The molecule has 1 aromatic heterocycles. The Hall–Kier alpha value is -1.44. The molecule has 0 fully saturated rings. The van der Waals surface area contributed by atoms with E-state index in [9.17, 15) is 17.1 Å². The van der Waals surface area contributed by atoms with Crippen molar-refractivity contribution < 1.29 is 21.8 Å². The molecular formula is C7H9FN2O4S. The van der Waals surface area contributed by atoms with Crippen molar-refractivity contribution in [1.29, 1.82) is 0 Å². The predicted octanol–water partition coefficient (Wildman–Crippen LogP) is 0.348. The van der Waals surface area contributed by atoms with Crippen LogP contribution in [0.3, 0.4) is 0 Å². The summed E-state index contributed by atoms with van der Waals surface area (Å²) in [6.07, 6.45) is 0. The van der Waals surface area contributed by atoms with Gasteiger partial charge in [-0.05, 0) is 6.92 Å². The summed E-state index contributed by atoms with van der Waals surface area (Å²) in [5.41, 5.74) is -0.240. The maximum absolute atomic E-state index is 12.7. The molecule has 0 saturated carbocycles. The molecule has 0 radical (unpaired) electrons. The Morgan fingerprint density at radius 1 is 1.67 bits per heavy atom. The number of aromatic nitrogens is 2. The van der Waals surface area contributed by atoms with E-state index in [0.29, 0.717) is 0 Å². The summed E-state index contributed by atoms with van der Waals surface area (Å²) in [6, 6.07) is 0.838. The maximum atomic E-state index is 12.7. The van der Waals surface area contributed by atoms with Crippen LogP contribution in [0.5, 0.6) is 0 Å². The average molecular weight is 236 g/mol. The number of carbonyl (C=O) groups excluding carboxylic acids is 1. The zero-order valence-corrected chi connectivity index (χ0v) is 8.91. The molecule has 6 nitrogen and oxygen atoms in total. The SMILES string of the molecule is CCn1nc(C(=O)OC)cc1S(=O)(=O)F. The lowest BCUT2D eigenvalue weighted by atomic mass is 10.4. The monoisotopic (exact) mass is 236 g/mol. The van der Waals surface area contributed by atoms with Crippen molar-refractivity contribution in [2.24, 2.45) is 0 Å². The number of methoxy groups -OCH3 is 1. The highest BCUT2D eigenvalue weighted by Gasteiger charge is 2.23. The minimum Gasteiger partial charge on any atom is -0.464 e. The lowest BCUT2D eigenvalue weighted by molar-refractivity contribution is 0.0593. The number of rotatable bonds is 3. The Labute approximate surface area is 85.9 Å². The second-order valence-corrected chi connectivity index (χ2v) is 3.91. The summed E-state index contributed by atoms with van der Waals surface area (Å²) in [6.45, 7) is 1.71. The molecule has 1 rings (SSSR count). The van der Waals surface area contributed by atoms with Crippen LogP contribution in [0.25, 0.3) is 0 Å². The first kappa shape index (κ1) is 11.6. The minimum atomic E-state index is -4.87. The minimum absolute atomic E-state index is 0.134. The third-order valence-electron chi connectivity index (χ3n) is 1.69. The topological polar surface area (TPSA) is 78.3 Å². The van der Waals surface area contributed by atoms with Crippen molar-refractivity contribution in [2.75, 3.05) is 7.11 Å². The largest absolute Gasteiger partial charge is 0.464 e. The van der Waals surface area contributed by atoms with Crippen molar-refractivity contribution >= 4 is 16.2 Å². The average Bonchev–Trinajstić information content (AvgIpc) is 2.59. The van der Waals surface area contributed by atoms with Crippen LogP contribution in [-0.2, 0) is 21.5 Å². The Morgan fingerprint density at radius 2 is 2.27 bits per heavy atom. The molecule has 0 saturated heterocycles. The van der Waals surface area contributed by atoms with E-state index in [0.717, 1.165) is 17.9 Å². The third kappa shape index (κ3) is 2.32. The van der Waals surface area contributed by atoms with E-state index in [1.807, 2.05) is 0 Å². The number of aryl methyl sites for hydroxylation is 1. The highest BCUT2D eigenvalue weighted by atomic mass is 32.3. The van der Waals surface area contributed by atoms with Gasteiger partial charge in [0.25, 0.3) is 0 Å². The lowest BCUT2D eigenvalue weighted by Gasteiger charge is -1.97. The number of hydrogen-bond acceptors (Lipinski definition) is 5. The first-order valence-corrected chi connectivity index (χ1v) is 5.39. The first-order valence-electron chi connectivity index (χ1n) is 4.01. The summed E-state index contributed by atoms with van der Waals surface area (Å²) in [7, 11) is -3.75. The van der Waals surface area contributed by atoms with E-state index in [4.69, 9.17) is 0 Å². The van der Waals surface area contributed by atoms with Crippen LogP contribution < -0.4 is 0 Å². The molecule has 0 bridgehead atoms. The molecular weight excluding hydrogens is 227 g/mol. The van der Waals surface area contributed by atoms with Crippen molar-refractivity contribution in [3.05, 3.63) is 11.8 Å². The molecule has 0 spiro atoms. The van der Waals surface area contributed by atoms with Gasteiger partial charge in [-0.1, -0.05) is 3.89 Å². The Bertz CT molecular complexity index is 479. The Kier molecular flexibility index (Phi) is 3.08. The van der Waals surface area contributed by atoms with E-state index in [1.165, 1.54) is 0 Å². The van der Waals surface area contributed by atoms with Gasteiger partial charge in [0.05, 0.1) is 7.11 Å². The van der Waals surface area contributed by atoms with Crippen LogP contribution in [-0.4, -0.2) is 31.3 Å². The van der Waals surface area contributed by atoms with Gasteiger partial charge in [-0.15, -0.1) is 0 Å².